The number of nitrogens with one attached hydrogen (secondary N) is 1. The van der Waals surface area contributed by atoms with E-state index < -0.39 is 0 Å². The zero-order valence-electron chi connectivity index (χ0n) is 12.4. The van der Waals surface area contributed by atoms with E-state index in [1.807, 2.05) is 24.3 Å². The van der Waals surface area contributed by atoms with Gasteiger partial charge in [0.05, 0.1) is 19.8 Å². The number of urea groups is 1. The number of nitrogens with zero attached hydrogens (tertiary/aromatic N) is 1. The number of hydrogen-bond acceptors (Lipinski definition) is 3. The van der Waals surface area contributed by atoms with E-state index in [0.717, 1.165) is 24.2 Å². The molecule has 1 aromatic rings. The van der Waals surface area contributed by atoms with E-state index in [1.54, 1.807) is 14.2 Å². The number of amides is 2. The first-order chi connectivity index (χ1) is 9.63. The second-order valence-electron chi connectivity index (χ2n) is 4.67. The number of benzene rings is 1. The standard InChI is InChI=1S/C15H24N2O3/c1-4-5-10-16-15(19)17(2)14(11-18)12-6-8-13(20-3)9-7-12/h6-9,14,18H,4-5,10-11H2,1-3H3,(H,16,19)/t14-/m1/s1. The SMILES string of the molecule is CCCCNC(=O)N(C)[C@H](CO)c1ccc(OC)cc1. The lowest BCUT2D eigenvalue weighted by Crippen LogP contribution is -2.41. The molecule has 1 atom stereocenters. The van der Waals surface area contributed by atoms with E-state index in [1.165, 1.54) is 4.90 Å². The van der Waals surface area contributed by atoms with Gasteiger partial charge < -0.3 is 20.1 Å². The Morgan fingerprint density at radius 1 is 1.40 bits per heavy atom. The number of aliphatic hydroxyl groups excluding tert-OH is 1. The molecule has 0 heterocycles. The third kappa shape index (κ3) is 4.42. The summed E-state index contributed by atoms with van der Waals surface area (Å²) in [6, 6.07) is 6.82. The smallest absolute Gasteiger partial charge is 0.317 e. The third-order valence-corrected chi connectivity index (χ3v) is 3.27. The molecule has 0 bridgehead atoms. The molecule has 0 radical (unpaired) electrons. The highest BCUT2D eigenvalue weighted by Crippen LogP contribution is 2.21. The number of hydrogen-bond donors (Lipinski definition) is 2. The molecule has 0 unspecified atom stereocenters. The summed E-state index contributed by atoms with van der Waals surface area (Å²) in [4.78, 5) is 13.5. The summed E-state index contributed by atoms with van der Waals surface area (Å²) in [7, 11) is 3.29. The van der Waals surface area contributed by atoms with Gasteiger partial charge in [0.15, 0.2) is 0 Å². The van der Waals surface area contributed by atoms with Crippen LogP contribution in [-0.2, 0) is 0 Å². The molecular weight excluding hydrogens is 256 g/mol. The molecule has 5 heteroatoms. The maximum absolute atomic E-state index is 12.0. The van der Waals surface area contributed by atoms with Crippen LogP contribution in [0.2, 0.25) is 0 Å². The molecule has 2 amide bonds. The van der Waals surface area contributed by atoms with E-state index in [0.29, 0.717) is 6.54 Å². The first-order valence-electron chi connectivity index (χ1n) is 6.89. The van der Waals surface area contributed by atoms with E-state index in [2.05, 4.69) is 12.2 Å². The predicted octanol–water partition coefficient (Wildman–Crippen LogP) is 2.17. The summed E-state index contributed by atoms with van der Waals surface area (Å²) in [5.74, 6) is 0.750. The van der Waals surface area contributed by atoms with Gasteiger partial charge in [0.2, 0.25) is 0 Å². The van der Waals surface area contributed by atoms with E-state index >= 15 is 0 Å². The number of methoxy groups -OCH3 is 1. The van der Waals surface area contributed by atoms with Crippen LogP contribution < -0.4 is 10.1 Å². The van der Waals surface area contributed by atoms with Crippen molar-refractivity contribution < 1.29 is 14.6 Å². The van der Waals surface area contributed by atoms with Gasteiger partial charge in [-0.05, 0) is 24.1 Å². The summed E-state index contributed by atoms with van der Waals surface area (Å²) in [5.41, 5.74) is 0.876. The molecule has 0 aliphatic heterocycles. The molecule has 112 valence electrons. The Morgan fingerprint density at radius 2 is 2.05 bits per heavy atom. The van der Waals surface area contributed by atoms with Gasteiger partial charge >= 0.3 is 6.03 Å². The zero-order valence-corrected chi connectivity index (χ0v) is 12.4. The van der Waals surface area contributed by atoms with Gasteiger partial charge in [-0.3, -0.25) is 0 Å². The lowest BCUT2D eigenvalue weighted by molar-refractivity contribution is 0.150. The Hall–Kier alpha value is -1.75. The van der Waals surface area contributed by atoms with Crippen LogP contribution in [-0.4, -0.2) is 43.3 Å². The predicted molar refractivity (Wildman–Crippen MR) is 78.9 cm³/mol. The number of carbonyl (C=O) groups excluding carboxylic acids is 1. The van der Waals surface area contributed by atoms with Crippen molar-refractivity contribution in [1.29, 1.82) is 0 Å². The summed E-state index contributed by atoms with van der Waals surface area (Å²) in [6.07, 6.45) is 1.98. The van der Waals surface area contributed by atoms with Gasteiger partial charge in [-0.2, -0.15) is 0 Å². The quantitative estimate of drug-likeness (QED) is 0.752. The van der Waals surface area contributed by atoms with Crippen LogP contribution >= 0.6 is 0 Å². The number of rotatable bonds is 7. The van der Waals surface area contributed by atoms with Crippen molar-refractivity contribution in [2.24, 2.45) is 0 Å². The monoisotopic (exact) mass is 280 g/mol. The molecule has 5 nitrogen and oxygen atoms in total. The van der Waals surface area contributed by atoms with Crippen molar-refractivity contribution in [3.05, 3.63) is 29.8 Å². The molecule has 0 saturated heterocycles. The molecule has 0 spiro atoms. The van der Waals surface area contributed by atoms with Gasteiger partial charge in [-0.25, -0.2) is 4.79 Å². The highest BCUT2D eigenvalue weighted by molar-refractivity contribution is 5.74. The van der Waals surface area contributed by atoms with E-state index in [4.69, 9.17) is 4.74 Å². The van der Waals surface area contributed by atoms with Gasteiger partial charge in [0.25, 0.3) is 0 Å². The Kier molecular flexibility index (Phi) is 6.87. The fraction of sp³-hybridized carbons (Fsp3) is 0.533. The summed E-state index contributed by atoms with van der Waals surface area (Å²) < 4.78 is 5.10. The van der Waals surface area contributed by atoms with Crippen molar-refractivity contribution in [3.8, 4) is 5.75 Å². The van der Waals surface area contributed by atoms with E-state index in [9.17, 15) is 9.90 Å². The average molecular weight is 280 g/mol. The van der Waals surface area contributed by atoms with Crippen molar-refractivity contribution in [1.82, 2.24) is 10.2 Å². The molecule has 20 heavy (non-hydrogen) atoms. The van der Waals surface area contributed by atoms with Gasteiger partial charge in [0.1, 0.15) is 5.75 Å². The van der Waals surface area contributed by atoms with Gasteiger partial charge in [0, 0.05) is 13.6 Å². The molecule has 1 aromatic carbocycles. The van der Waals surface area contributed by atoms with Crippen molar-refractivity contribution >= 4 is 6.03 Å². The average Bonchev–Trinajstić information content (AvgIpc) is 2.48. The highest BCUT2D eigenvalue weighted by Gasteiger charge is 2.20. The first-order valence-corrected chi connectivity index (χ1v) is 6.89. The summed E-state index contributed by atoms with van der Waals surface area (Å²) in [6.45, 7) is 2.61. The van der Waals surface area contributed by atoms with Gasteiger partial charge in [-0.1, -0.05) is 25.5 Å². The van der Waals surface area contributed by atoms with Crippen LogP contribution in [0.25, 0.3) is 0 Å². The molecule has 2 N–H and O–H groups in total. The minimum atomic E-state index is -0.359. The largest absolute Gasteiger partial charge is 0.497 e. The van der Waals surface area contributed by atoms with Crippen molar-refractivity contribution in [3.63, 3.8) is 0 Å². The minimum absolute atomic E-state index is 0.121. The summed E-state index contributed by atoms with van der Waals surface area (Å²) >= 11 is 0. The maximum Gasteiger partial charge on any atom is 0.317 e. The number of carbonyl (C=O) groups is 1. The lowest BCUT2D eigenvalue weighted by atomic mass is 10.1. The lowest BCUT2D eigenvalue weighted by Gasteiger charge is -2.27. The maximum atomic E-state index is 12.0. The topological polar surface area (TPSA) is 61.8 Å². The molecule has 0 saturated carbocycles. The van der Waals surface area contributed by atoms with Gasteiger partial charge in [-0.15, -0.1) is 0 Å². The van der Waals surface area contributed by atoms with Crippen LogP contribution in [0.15, 0.2) is 24.3 Å². The zero-order chi connectivity index (χ0) is 15.0. The van der Waals surface area contributed by atoms with Crippen LogP contribution in [0, 0.1) is 0 Å². The fourth-order valence-electron chi connectivity index (χ4n) is 1.92. The number of unbranched alkanes of at least 4 members (excludes halogenated alkanes) is 1. The second kappa shape index (κ2) is 8.43. The van der Waals surface area contributed by atoms with Crippen LogP contribution in [0.3, 0.4) is 0 Å². The normalized spacial score (nSPS) is 11.8. The number of likely N-dealkylation sites (N-methyl/N-ethyl adjacent to an activating group) is 1. The second-order valence-corrected chi connectivity index (χ2v) is 4.67. The van der Waals surface area contributed by atoms with Crippen LogP contribution in [0.1, 0.15) is 31.4 Å². The molecular formula is C15H24N2O3. The Labute approximate surface area is 120 Å². The Balaban J connectivity index is 2.70. The minimum Gasteiger partial charge on any atom is -0.497 e. The Bertz CT molecular complexity index is 406. The number of ether oxygens (including phenoxy) is 1. The first kappa shape index (κ1) is 16.3. The highest BCUT2D eigenvalue weighted by atomic mass is 16.5. The Morgan fingerprint density at radius 3 is 2.55 bits per heavy atom. The summed E-state index contributed by atoms with van der Waals surface area (Å²) in [5, 5.41) is 12.4. The number of aliphatic hydroxyl groups is 1. The van der Waals surface area contributed by atoms with Crippen LogP contribution in [0.4, 0.5) is 4.79 Å². The van der Waals surface area contributed by atoms with E-state index in [-0.39, 0.29) is 18.7 Å². The van der Waals surface area contributed by atoms with Crippen molar-refractivity contribution in [2.75, 3.05) is 27.3 Å². The van der Waals surface area contributed by atoms with Crippen LogP contribution in [0.5, 0.6) is 5.75 Å². The molecule has 0 aliphatic rings. The molecule has 0 fully saturated rings. The molecule has 0 aromatic heterocycles. The fourth-order valence-corrected chi connectivity index (χ4v) is 1.92. The molecule has 1 rings (SSSR count). The molecule has 0 aliphatic carbocycles. The third-order valence-electron chi connectivity index (χ3n) is 3.27. The van der Waals surface area contributed by atoms with Crippen molar-refractivity contribution in [2.45, 2.75) is 25.8 Å².